The van der Waals surface area contributed by atoms with Crippen LogP contribution in [0.15, 0.2) is 11.1 Å². The second-order valence-corrected chi connectivity index (χ2v) is 23.0. The Labute approximate surface area is 189 Å². The first kappa shape index (κ1) is 29.4. The fraction of sp³-hybridized carbons (Fsp3) is 0.789. The largest absolute Gasteiger partial charge is 0.478 e. The van der Waals surface area contributed by atoms with Crippen LogP contribution in [0.1, 0.15) is 34.6 Å². The van der Waals surface area contributed by atoms with Crippen molar-refractivity contribution in [1.29, 1.82) is 0 Å². The molecular formula is C19H42O7Si4. The van der Waals surface area contributed by atoms with Crippen molar-refractivity contribution >= 4 is 48.8 Å². The number of hydrogen-bond acceptors (Lipinski definition) is 5. The quantitative estimate of drug-likeness (QED) is 0.317. The lowest BCUT2D eigenvalue weighted by atomic mass is 9.79. The third kappa shape index (κ3) is 6.97. The predicted octanol–water partition coefficient (Wildman–Crippen LogP) is 2.30. The molecule has 2 unspecified atom stereocenters. The summed E-state index contributed by atoms with van der Waals surface area (Å²) in [6.07, 6.45) is 0. The van der Waals surface area contributed by atoms with Crippen molar-refractivity contribution in [3.05, 3.63) is 11.1 Å². The van der Waals surface area contributed by atoms with Gasteiger partial charge in [0.1, 0.15) is 15.7 Å². The molecule has 0 aromatic carbocycles. The molecule has 2 N–H and O–H groups in total. The fourth-order valence-corrected chi connectivity index (χ4v) is 11.4. The molecule has 0 saturated heterocycles. The van der Waals surface area contributed by atoms with E-state index in [-0.39, 0.29) is 17.1 Å². The van der Waals surface area contributed by atoms with Crippen molar-refractivity contribution in [3.8, 4) is 0 Å². The topological polar surface area (TPSA) is 102 Å². The third-order valence-corrected chi connectivity index (χ3v) is 9.99. The summed E-state index contributed by atoms with van der Waals surface area (Å²) < 4.78 is 19.3. The van der Waals surface area contributed by atoms with Gasteiger partial charge < -0.3 is 23.2 Å². The third-order valence-electron chi connectivity index (χ3n) is 4.94. The molecule has 0 fully saturated rings. The maximum atomic E-state index is 12.7. The lowest BCUT2D eigenvalue weighted by molar-refractivity contribution is -0.141. The summed E-state index contributed by atoms with van der Waals surface area (Å²) >= 11 is 0. The zero-order chi connectivity index (χ0) is 24.3. The molecule has 0 aliphatic heterocycles. The lowest BCUT2D eigenvalue weighted by Crippen LogP contribution is -2.69. The van der Waals surface area contributed by atoms with E-state index in [1.54, 1.807) is 13.8 Å². The SMILES string of the molecule is CC(C)/C(C(=O)O)=C(\C(=O)O)C(O[Si](C)(C)C)([SiH2]O[SiH3])C(C)(O[Si](C)(C)C)C(C)C. The number of carboxylic acids is 2. The Morgan fingerprint density at radius 1 is 0.900 bits per heavy atom. The summed E-state index contributed by atoms with van der Waals surface area (Å²) in [7, 11) is -5.85. The first-order valence-corrected chi connectivity index (χ1v) is 19.3. The lowest BCUT2D eigenvalue weighted by Gasteiger charge is -2.55. The Kier molecular flexibility index (Phi) is 10.2. The Morgan fingerprint density at radius 3 is 1.57 bits per heavy atom. The molecule has 7 nitrogen and oxygen atoms in total. The number of rotatable bonds is 12. The zero-order valence-electron chi connectivity index (χ0n) is 20.8. The van der Waals surface area contributed by atoms with E-state index < -0.39 is 55.1 Å². The van der Waals surface area contributed by atoms with Gasteiger partial charge in [0.15, 0.2) is 26.4 Å². The van der Waals surface area contributed by atoms with Crippen LogP contribution in [0.25, 0.3) is 0 Å². The molecule has 0 rings (SSSR count). The minimum Gasteiger partial charge on any atom is -0.478 e. The van der Waals surface area contributed by atoms with Gasteiger partial charge in [0.2, 0.25) is 0 Å². The smallest absolute Gasteiger partial charge is 0.334 e. The van der Waals surface area contributed by atoms with E-state index in [0.717, 1.165) is 0 Å². The monoisotopic (exact) mass is 494 g/mol. The molecule has 0 aromatic heterocycles. The second-order valence-electron chi connectivity index (χ2n) is 10.5. The van der Waals surface area contributed by atoms with Crippen LogP contribution < -0.4 is 0 Å². The van der Waals surface area contributed by atoms with Crippen LogP contribution >= 0.6 is 0 Å². The average Bonchev–Trinajstić information content (AvgIpc) is 2.47. The van der Waals surface area contributed by atoms with Gasteiger partial charge in [0.25, 0.3) is 0 Å². The van der Waals surface area contributed by atoms with Gasteiger partial charge >= 0.3 is 11.9 Å². The number of carbonyl (C=O) groups is 2. The Balaban J connectivity index is 7.73. The Bertz CT molecular complexity index is 665. The molecule has 0 heterocycles. The van der Waals surface area contributed by atoms with Crippen LogP contribution in [0.5, 0.6) is 0 Å². The molecule has 176 valence electrons. The van der Waals surface area contributed by atoms with Gasteiger partial charge in [-0.25, -0.2) is 9.59 Å². The van der Waals surface area contributed by atoms with Crippen LogP contribution in [0.3, 0.4) is 0 Å². The van der Waals surface area contributed by atoms with E-state index in [1.165, 1.54) is 0 Å². The van der Waals surface area contributed by atoms with Crippen molar-refractivity contribution in [3.63, 3.8) is 0 Å². The fourth-order valence-electron chi connectivity index (χ4n) is 3.82. The maximum absolute atomic E-state index is 12.7. The molecule has 0 saturated carbocycles. The highest BCUT2D eigenvalue weighted by Crippen LogP contribution is 2.46. The van der Waals surface area contributed by atoms with E-state index in [0.29, 0.717) is 10.5 Å². The highest BCUT2D eigenvalue weighted by Gasteiger charge is 2.60. The van der Waals surface area contributed by atoms with Crippen LogP contribution in [0, 0.1) is 11.8 Å². The normalized spacial score (nSPS) is 18.6. The van der Waals surface area contributed by atoms with Crippen molar-refractivity contribution in [2.75, 3.05) is 0 Å². The number of hydrogen-bond donors (Lipinski definition) is 2. The highest BCUT2D eigenvalue weighted by molar-refractivity contribution is 6.71. The molecule has 0 bridgehead atoms. The van der Waals surface area contributed by atoms with Crippen LogP contribution in [0.4, 0.5) is 0 Å². The maximum Gasteiger partial charge on any atom is 0.334 e. The summed E-state index contributed by atoms with van der Waals surface area (Å²) in [4.78, 5) is 25.0. The zero-order valence-corrected chi connectivity index (χ0v) is 26.2. The Morgan fingerprint density at radius 2 is 1.33 bits per heavy atom. The van der Waals surface area contributed by atoms with Crippen LogP contribution in [-0.2, 0) is 22.6 Å². The van der Waals surface area contributed by atoms with E-state index >= 15 is 0 Å². The molecular weight excluding hydrogens is 453 g/mol. The van der Waals surface area contributed by atoms with Crippen LogP contribution in [-0.4, -0.2) is 69.9 Å². The summed E-state index contributed by atoms with van der Waals surface area (Å²) in [5.74, 6) is -3.17. The van der Waals surface area contributed by atoms with E-state index in [1.807, 2.05) is 60.1 Å². The van der Waals surface area contributed by atoms with Gasteiger partial charge in [-0.05, 0) is 58.0 Å². The van der Waals surface area contributed by atoms with Gasteiger partial charge in [-0.1, -0.05) is 27.7 Å². The summed E-state index contributed by atoms with van der Waals surface area (Å²) in [6.45, 7) is 21.3. The summed E-state index contributed by atoms with van der Waals surface area (Å²) in [5.41, 5.74) is -1.40. The molecule has 0 aromatic rings. The molecule has 0 aliphatic carbocycles. The average molecular weight is 495 g/mol. The molecule has 0 spiro atoms. The van der Waals surface area contributed by atoms with E-state index in [2.05, 4.69) is 0 Å². The molecule has 0 amide bonds. The van der Waals surface area contributed by atoms with Gasteiger partial charge in [0.05, 0.1) is 16.7 Å². The molecule has 0 radical (unpaired) electrons. The second kappa shape index (κ2) is 10.4. The first-order valence-electron chi connectivity index (χ1n) is 10.4. The molecule has 11 heteroatoms. The number of carboxylic acid groups (broad SMARTS) is 2. The predicted molar refractivity (Wildman–Crippen MR) is 132 cm³/mol. The summed E-state index contributed by atoms with van der Waals surface area (Å²) in [5, 5.41) is 19.0. The highest BCUT2D eigenvalue weighted by atomic mass is 28.4. The number of aliphatic carboxylic acids is 2. The van der Waals surface area contributed by atoms with Crippen molar-refractivity contribution in [2.45, 2.75) is 84.7 Å². The van der Waals surface area contributed by atoms with Crippen molar-refractivity contribution in [2.24, 2.45) is 11.8 Å². The van der Waals surface area contributed by atoms with E-state index in [9.17, 15) is 19.8 Å². The van der Waals surface area contributed by atoms with Gasteiger partial charge in [0, 0.05) is 0 Å². The first-order chi connectivity index (χ1) is 13.3. The van der Waals surface area contributed by atoms with E-state index in [4.69, 9.17) is 13.0 Å². The van der Waals surface area contributed by atoms with Gasteiger partial charge in [-0.3, -0.25) is 0 Å². The van der Waals surface area contributed by atoms with Crippen molar-refractivity contribution < 1.29 is 32.8 Å². The van der Waals surface area contributed by atoms with Crippen molar-refractivity contribution in [1.82, 2.24) is 0 Å². The molecule has 0 aliphatic rings. The molecule has 2 atom stereocenters. The minimum atomic E-state index is -2.37. The van der Waals surface area contributed by atoms with Gasteiger partial charge in [-0.2, -0.15) is 0 Å². The van der Waals surface area contributed by atoms with Gasteiger partial charge in [-0.15, -0.1) is 0 Å². The van der Waals surface area contributed by atoms with Crippen LogP contribution in [0.2, 0.25) is 39.3 Å². The summed E-state index contributed by atoms with van der Waals surface area (Å²) in [6, 6.07) is 0. The standard InChI is InChI=1S/C19H42O7Si4/c1-12(2)14(16(20)21)15(17(22)23)19(28-26-27,25-30(9,10)11)18(5,13(3)4)24-29(6,7)8/h12-13H,28H2,1-11,27H3,(H,20,21)(H,22,23)/b15-14-. The molecule has 30 heavy (non-hydrogen) atoms. The minimum absolute atomic E-state index is 0.138. The Hall–Kier alpha value is -0.572.